The predicted molar refractivity (Wildman–Crippen MR) is 233 cm³/mol. The Bertz CT molecular complexity index is 2920. The molecular weight excluding hydrogens is 679 g/mol. The third-order valence-corrected chi connectivity index (χ3v) is 10.5. The topological polar surface area (TPSA) is 38.7 Å². The normalized spacial score (nSPS) is 11.2. The lowest BCUT2D eigenvalue weighted by Crippen LogP contribution is -2.00. The Morgan fingerprint density at radius 1 is 0.214 bits per heavy atom. The molecule has 0 aliphatic carbocycles. The standard InChI is InChI=1S/C53H35N3/c1-6-18-36(19-7-1)43-28-16-17-29-44(43)41-30-32-45-47(34-41)49(37-20-8-2-9-21-37)46-33-31-42(35-48(46)50(45)38-22-10-3-11-23-38)53-55-51(39-24-12-4-13-25-39)54-52(56-53)40-26-14-5-15-27-40/h1-35H. The highest BCUT2D eigenvalue weighted by Crippen LogP contribution is 2.46. The summed E-state index contributed by atoms with van der Waals surface area (Å²) in [5.74, 6) is 1.92. The predicted octanol–water partition coefficient (Wildman–Crippen LogP) is 13.8. The van der Waals surface area contributed by atoms with Crippen molar-refractivity contribution in [1.82, 2.24) is 15.0 Å². The fraction of sp³-hybridized carbons (Fsp3) is 0. The van der Waals surface area contributed by atoms with Gasteiger partial charge in [-0.3, -0.25) is 0 Å². The molecule has 56 heavy (non-hydrogen) atoms. The van der Waals surface area contributed by atoms with Gasteiger partial charge in [-0.25, -0.2) is 15.0 Å². The molecule has 0 N–H and O–H groups in total. The minimum atomic E-state index is 0.632. The molecule has 0 aliphatic heterocycles. The molecule has 0 atom stereocenters. The molecule has 1 aromatic heterocycles. The lowest BCUT2D eigenvalue weighted by atomic mass is 9.83. The SMILES string of the molecule is c1ccc(-c2nc(-c3ccccc3)nc(-c3ccc4c(-c5ccccc5)c5cc(-c6ccccc6-c6ccccc6)ccc5c(-c5ccccc5)c4c3)n2)cc1. The maximum absolute atomic E-state index is 5.11. The van der Waals surface area contributed by atoms with E-state index in [9.17, 15) is 0 Å². The fourth-order valence-corrected chi connectivity index (χ4v) is 7.91. The van der Waals surface area contributed by atoms with Crippen molar-refractivity contribution < 1.29 is 0 Å². The minimum absolute atomic E-state index is 0.632. The van der Waals surface area contributed by atoms with Crippen molar-refractivity contribution in [1.29, 1.82) is 0 Å². The third-order valence-electron chi connectivity index (χ3n) is 10.5. The summed E-state index contributed by atoms with van der Waals surface area (Å²) < 4.78 is 0. The van der Waals surface area contributed by atoms with Crippen LogP contribution in [0.15, 0.2) is 212 Å². The minimum Gasteiger partial charge on any atom is -0.208 e. The van der Waals surface area contributed by atoms with E-state index in [1.807, 2.05) is 60.7 Å². The summed E-state index contributed by atoms with van der Waals surface area (Å²) in [5.41, 5.74) is 12.3. The zero-order chi connectivity index (χ0) is 37.3. The van der Waals surface area contributed by atoms with Gasteiger partial charge in [0.1, 0.15) is 0 Å². The summed E-state index contributed by atoms with van der Waals surface area (Å²) in [6.45, 7) is 0. The van der Waals surface area contributed by atoms with Gasteiger partial charge in [0, 0.05) is 16.7 Å². The van der Waals surface area contributed by atoms with Crippen LogP contribution in [0.5, 0.6) is 0 Å². The van der Waals surface area contributed by atoms with Crippen LogP contribution < -0.4 is 0 Å². The molecule has 3 nitrogen and oxygen atoms in total. The number of hydrogen-bond acceptors (Lipinski definition) is 3. The van der Waals surface area contributed by atoms with Crippen LogP contribution in [0.25, 0.3) is 100 Å². The average molecular weight is 714 g/mol. The van der Waals surface area contributed by atoms with Crippen LogP contribution in [-0.4, -0.2) is 15.0 Å². The van der Waals surface area contributed by atoms with Crippen molar-refractivity contribution in [2.45, 2.75) is 0 Å². The lowest BCUT2D eigenvalue weighted by Gasteiger charge is -2.20. The second-order valence-corrected chi connectivity index (χ2v) is 14.0. The first-order valence-corrected chi connectivity index (χ1v) is 18.9. The Morgan fingerprint density at radius 3 is 0.982 bits per heavy atom. The molecule has 10 aromatic rings. The van der Waals surface area contributed by atoms with Gasteiger partial charge in [-0.1, -0.05) is 200 Å². The van der Waals surface area contributed by atoms with E-state index in [4.69, 9.17) is 15.0 Å². The van der Waals surface area contributed by atoms with Gasteiger partial charge >= 0.3 is 0 Å². The van der Waals surface area contributed by atoms with E-state index in [2.05, 4.69) is 152 Å². The maximum Gasteiger partial charge on any atom is 0.164 e. The first kappa shape index (κ1) is 33.1. The Morgan fingerprint density at radius 2 is 0.536 bits per heavy atom. The fourth-order valence-electron chi connectivity index (χ4n) is 7.91. The van der Waals surface area contributed by atoms with Gasteiger partial charge in [0.05, 0.1) is 0 Å². The van der Waals surface area contributed by atoms with Crippen molar-refractivity contribution in [3.8, 4) is 78.7 Å². The number of benzene rings is 9. The van der Waals surface area contributed by atoms with Crippen LogP contribution in [0.2, 0.25) is 0 Å². The highest BCUT2D eigenvalue weighted by molar-refractivity contribution is 6.22. The number of fused-ring (bicyclic) bond motifs is 2. The molecule has 1 heterocycles. The van der Waals surface area contributed by atoms with Gasteiger partial charge in [0.15, 0.2) is 17.5 Å². The van der Waals surface area contributed by atoms with E-state index in [0.29, 0.717) is 17.5 Å². The molecular formula is C53H35N3. The van der Waals surface area contributed by atoms with Gasteiger partial charge < -0.3 is 0 Å². The average Bonchev–Trinajstić information content (AvgIpc) is 3.29. The molecule has 0 unspecified atom stereocenters. The van der Waals surface area contributed by atoms with Crippen molar-refractivity contribution in [2.24, 2.45) is 0 Å². The highest BCUT2D eigenvalue weighted by atomic mass is 15.0. The Labute approximate surface area is 326 Å². The van der Waals surface area contributed by atoms with Crippen LogP contribution in [0.4, 0.5) is 0 Å². The monoisotopic (exact) mass is 713 g/mol. The van der Waals surface area contributed by atoms with Gasteiger partial charge in [-0.15, -0.1) is 0 Å². The van der Waals surface area contributed by atoms with E-state index >= 15 is 0 Å². The molecule has 9 aromatic carbocycles. The summed E-state index contributed by atoms with van der Waals surface area (Å²) in [7, 11) is 0. The first-order valence-electron chi connectivity index (χ1n) is 18.9. The summed E-state index contributed by atoms with van der Waals surface area (Å²) in [6, 6.07) is 74.9. The lowest BCUT2D eigenvalue weighted by molar-refractivity contribution is 1.07. The second kappa shape index (κ2) is 14.4. The van der Waals surface area contributed by atoms with Crippen molar-refractivity contribution in [2.75, 3.05) is 0 Å². The molecule has 0 saturated heterocycles. The van der Waals surface area contributed by atoms with E-state index in [-0.39, 0.29) is 0 Å². The van der Waals surface area contributed by atoms with Crippen molar-refractivity contribution in [3.63, 3.8) is 0 Å². The molecule has 0 bridgehead atoms. The molecule has 0 spiro atoms. The number of aromatic nitrogens is 3. The molecule has 0 fully saturated rings. The molecule has 262 valence electrons. The summed E-state index contributed by atoms with van der Waals surface area (Å²) in [6.07, 6.45) is 0. The van der Waals surface area contributed by atoms with Crippen molar-refractivity contribution >= 4 is 21.5 Å². The van der Waals surface area contributed by atoms with Crippen molar-refractivity contribution in [3.05, 3.63) is 212 Å². The summed E-state index contributed by atoms with van der Waals surface area (Å²) >= 11 is 0. The number of rotatable bonds is 7. The first-order chi connectivity index (χ1) is 27.8. The Hall–Kier alpha value is -7.49. The van der Waals surface area contributed by atoms with Crippen LogP contribution in [0.1, 0.15) is 0 Å². The van der Waals surface area contributed by atoms with Crippen LogP contribution in [0.3, 0.4) is 0 Å². The van der Waals surface area contributed by atoms with E-state index < -0.39 is 0 Å². The summed E-state index contributed by atoms with van der Waals surface area (Å²) in [4.78, 5) is 15.2. The maximum atomic E-state index is 5.11. The molecule has 10 rings (SSSR count). The van der Waals surface area contributed by atoms with E-state index in [1.165, 1.54) is 55.1 Å². The molecule has 3 heteroatoms. The smallest absolute Gasteiger partial charge is 0.164 e. The second-order valence-electron chi connectivity index (χ2n) is 14.0. The zero-order valence-electron chi connectivity index (χ0n) is 30.5. The Kier molecular flexibility index (Phi) is 8.51. The number of hydrogen-bond donors (Lipinski definition) is 0. The Balaban J connectivity index is 1.26. The molecule has 0 amide bonds. The van der Waals surface area contributed by atoms with Crippen LogP contribution in [0, 0.1) is 0 Å². The zero-order valence-corrected chi connectivity index (χ0v) is 30.5. The number of nitrogens with zero attached hydrogens (tertiary/aromatic N) is 3. The molecule has 0 saturated carbocycles. The van der Waals surface area contributed by atoms with Crippen LogP contribution >= 0.6 is 0 Å². The van der Waals surface area contributed by atoms with E-state index in [1.54, 1.807) is 0 Å². The van der Waals surface area contributed by atoms with Crippen LogP contribution in [-0.2, 0) is 0 Å². The van der Waals surface area contributed by atoms with E-state index in [0.717, 1.165) is 27.6 Å². The third kappa shape index (κ3) is 6.12. The van der Waals surface area contributed by atoms with Gasteiger partial charge in [0.2, 0.25) is 0 Å². The van der Waals surface area contributed by atoms with Gasteiger partial charge in [-0.2, -0.15) is 0 Å². The van der Waals surface area contributed by atoms with Gasteiger partial charge in [-0.05, 0) is 78.2 Å². The quantitative estimate of drug-likeness (QED) is 0.154. The van der Waals surface area contributed by atoms with Gasteiger partial charge in [0.25, 0.3) is 0 Å². The largest absolute Gasteiger partial charge is 0.208 e. The summed E-state index contributed by atoms with van der Waals surface area (Å²) in [5, 5.41) is 4.70. The molecule has 0 radical (unpaired) electrons. The molecule has 0 aliphatic rings. The highest BCUT2D eigenvalue weighted by Gasteiger charge is 2.20.